The van der Waals surface area contributed by atoms with Gasteiger partial charge in [0, 0.05) is 12.6 Å². The minimum Gasteiger partial charge on any atom is -0.387 e. The fraction of sp³-hybridized carbons (Fsp3) is 0.684. The molecule has 0 radical (unpaired) electrons. The van der Waals surface area contributed by atoms with E-state index >= 15 is 0 Å². The van der Waals surface area contributed by atoms with E-state index < -0.39 is 0 Å². The fourth-order valence-electron chi connectivity index (χ4n) is 3.57. The lowest BCUT2D eigenvalue weighted by molar-refractivity contribution is 0.0710. The lowest BCUT2D eigenvalue weighted by Crippen LogP contribution is -2.41. The number of likely N-dealkylation sites (N-methyl/N-ethyl adjacent to an activating group) is 1. The van der Waals surface area contributed by atoms with Crippen LogP contribution in [-0.4, -0.2) is 29.6 Å². The number of hydrogen-bond acceptors (Lipinski definition) is 2. The third-order valence-electron chi connectivity index (χ3n) is 5.08. The Kier molecular flexibility index (Phi) is 5.83. The fourth-order valence-corrected chi connectivity index (χ4v) is 3.57. The summed E-state index contributed by atoms with van der Waals surface area (Å²) in [4.78, 5) is 2.37. The first-order valence-corrected chi connectivity index (χ1v) is 8.47. The van der Waals surface area contributed by atoms with Crippen LogP contribution in [0.4, 0.5) is 0 Å². The minimum atomic E-state index is -0.384. The van der Waals surface area contributed by atoms with E-state index in [1.807, 2.05) is 0 Å². The Labute approximate surface area is 130 Å². The van der Waals surface area contributed by atoms with E-state index in [9.17, 15) is 5.11 Å². The zero-order valence-electron chi connectivity index (χ0n) is 14.0. The molecule has 0 saturated heterocycles. The Morgan fingerprint density at radius 3 is 2.24 bits per heavy atom. The Hall–Kier alpha value is -0.860. The highest BCUT2D eigenvalue weighted by Gasteiger charge is 2.26. The molecule has 1 aliphatic rings. The van der Waals surface area contributed by atoms with Gasteiger partial charge in [0.15, 0.2) is 0 Å². The molecule has 1 aromatic rings. The van der Waals surface area contributed by atoms with Gasteiger partial charge >= 0.3 is 0 Å². The smallest absolute Gasteiger partial charge is 0.0916 e. The maximum Gasteiger partial charge on any atom is 0.0916 e. The summed E-state index contributed by atoms with van der Waals surface area (Å²) >= 11 is 0. The second-order valence-corrected chi connectivity index (χ2v) is 7.11. The number of rotatable bonds is 5. The summed E-state index contributed by atoms with van der Waals surface area (Å²) in [7, 11) is 2.16. The van der Waals surface area contributed by atoms with Crippen LogP contribution in [0.15, 0.2) is 24.3 Å². The molecule has 1 aromatic carbocycles. The van der Waals surface area contributed by atoms with E-state index in [0.29, 0.717) is 12.0 Å². The SMILES string of the molecule is CC(C)c1ccc(C(O)CN(C)C2CCCCC2C)cc1. The molecule has 0 spiro atoms. The monoisotopic (exact) mass is 289 g/mol. The maximum atomic E-state index is 10.5. The molecular weight excluding hydrogens is 258 g/mol. The van der Waals surface area contributed by atoms with E-state index in [-0.39, 0.29) is 6.10 Å². The van der Waals surface area contributed by atoms with Crippen molar-refractivity contribution in [2.75, 3.05) is 13.6 Å². The van der Waals surface area contributed by atoms with E-state index in [4.69, 9.17) is 0 Å². The van der Waals surface area contributed by atoms with Crippen LogP contribution in [0.25, 0.3) is 0 Å². The Morgan fingerprint density at radius 1 is 1.10 bits per heavy atom. The van der Waals surface area contributed by atoms with E-state index in [0.717, 1.165) is 18.0 Å². The molecule has 1 saturated carbocycles. The van der Waals surface area contributed by atoms with Gasteiger partial charge in [-0.05, 0) is 42.9 Å². The van der Waals surface area contributed by atoms with Gasteiger partial charge in [-0.25, -0.2) is 0 Å². The van der Waals surface area contributed by atoms with E-state index in [2.05, 4.69) is 57.0 Å². The average Bonchev–Trinajstić information content (AvgIpc) is 2.47. The summed E-state index contributed by atoms with van der Waals surface area (Å²) in [6, 6.07) is 9.08. The van der Waals surface area contributed by atoms with Crippen molar-refractivity contribution >= 4 is 0 Å². The predicted octanol–water partition coefficient (Wildman–Crippen LogP) is 4.35. The number of aliphatic hydroxyl groups is 1. The quantitative estimate of drug-likeness (QED) is 0.871. The van der Waals surface area contributed by atoms with Crippen molar-refractivity contribution in [2.24, 2.45) is 5.92 Å². The summed E-state index contributed by atoms with van der Waals surface area (Å²) in [5.74, 6) is 1.29. The molecule has 0 amide bonds. The summed E-state index contributed by atoms with van der Waals surface area (Å²) < 4.78 is 0. The van der Waals surface area contributed by atoms with Crippen LogP contribution in [0, 0.1) is 5.92 Å². The summed E-state index contributed by atoms with van der Waals surface area (Å²) in [6.45, 7) is 7.48. The highest BCUT2D eigenvalue weighted by molar-refractivity contribution is 5.26. The number of benzene rings is 1. The molecule has 0 aliphatic heterocycles. The van der Waals surface area contributed by atoms with Crippen LogP contribution >= 0.6 is 0 Å². The molecule has 118 valence electrons. The molecule has 1 N–H and O–H groups in total. The second-order valence-electron chi connectivity index (χ2n) is 7.11. The lowest BCUT2D eigenvalue weighted by Gasteiger charge is -2.37. The summed E-state index contributed by atoms with van der Waals surface area (Å²) in [5.41, 5.74) is 2.37. The van der Waals surface area contributed by atoms with Gasteiger partial charge in [-0.15, -0.1) is 0 Å². The molecule has 3 atom stereocenters. The standard InChI is InChI=1S/C19H31NO/c1-14(2)16-9-11-17(12-10-16)19(21)13-20(4)18-8-6-5-7-15(18)3/h9-12,14-15,18-19,21H,5-8,13H2,1-4H3. The van der Waals surface area contributed by atoms with E-state index in [1.54, 1.807) is 0 Å². The van der Waals surface area contributed by atoms with Crippen molar-refractivity contribution in [3.63, 3.8) is 0 Å². The van der Waals surface area contributed by atoms with Gasteiger partial charge < -0.3 is 10.0 Å². The van der Waals surface area contributed by atoms with Crippen LogP contribution in [0.2, 0.25) is 0 Å². The Morgan fingerprint density at radius 2 is 1.67 bits per heavy atom. The molecule has 0 heterocycles. The maximum absolute atomic E-state index is 10.5. The molecule has 0 aromatic heterocycles. The number of aliphatic hydroxyl groups excluding tert-OH is 1. The topological polar surface area (TPSA) is 23.5 Å². The van der Waals surface area contributed by atoms with Gasteiger partial charge in [-0.2, -0.15) is 0 Å². The van der Waals surface area contributed by atoms with Gasteiger partial charge in [0.1, 0.15) is 0 Å². The zero-order valence-corrected chi connectivity index (χ0v) is 14.0. The van der Waals surface area contributed by atoms with Gasteiger partial charge in [0.25, 0.3) is 0 Å². The first-order chi connectivity index (χ1) is 9.99. The molecule has 3 unspecified atom stereocenters. The normalized spacial score (nSPS) is 24.5. The van der Waals surface area contributed by atoms with Gasteiger partial charge in [-0.3, -0.25) is 0 Å². The molecule has 2 rings (SSSR count). The van der Waals surface area contributed by atoms with Gasteiger partial charge in [-0.1, -0.05) is 57.9 Å². The van der Waals surface area contributed by atoms with Crippen molar-refractivity contribution in [1.29, 1.82) is 0 Å². The molecule has 1 fully saturated rings. The van der Waals surface area contributed by atoms with Crippen molar-refractivity contribution in [3.8, 4) is 0 Å². The molecule has 1 aliphatic carbocycles. The predicted molar refractivity (Wildman–Crippen MR) is 89.5 cm³/mol. The highest BCUT2D eigenvalue weighted by atomic mass is 16.3. The van der Waals surface area contributed by atoms with Crippen LogP contribution < -0.4 is 0 Å². The summed E-state index contributed by atoms with van der Waals surface area (Å²) in [5, 5.41) is 10.5. The first kappa shape index (κ1) is 16.5. The molecule has 21 heavy (non-hydrogen) atoms. The molecule has 2 nitrogen and oxygen atoms in total. The van der Waals surface area contributed by atoms with Crippen molar-refractivity contribution in [3.05, 3.63) is 35.4 Å². The second kappa shape index (κ2) is 7.42. The third-order valence-corrected chi connectivity index (χ3v) is 5.08. The molecule has 2 heteroatoms. The van der Waals surface area contributed by atoms with Crippen LogP contribution in [0.1, 0.15) is 69.6 Å². The van der Waals surface area contributed by atoms with Gasteiger partial charge in [0.2, 0.25) is 0 Å². The molecular formula is C19H31NO. The summed E-state index contributed by atoms with van der Waals surface area (Å²) in [6.07, 6.45) is 4.92. The Bertz CT molecular complexity index is 426. The first-order valence-electron chi connectivity index (χ1n) is 8.47. The largest absolute Gasteiger partial charge is 0.387 e. The lowest BCUT2D eigenvalue weighted by atomic mass is 9.85. The van der Waals surface area contributed by atoms with Crippen LogP contribution in [0.5, 0.6) is 0 Å². The van der Waals surface area contributed by atoms with Crippen LogP contribution in [0.3, 0.4) is 0 Å². The third kappa shape index (κ3) is 4.31. The molecule has 0 bridgehead atoms. The minimum absolute atomic E-state index is 0.384. The Balaban J connectivity index is 1.95. The van der Waals surface area contributed by atoms with Crippen molar-refractivity contribution < 1.29 is 5.11 Å². The highest BCUT2D eigenvalue weighted by Crippen LogP contribution is 2.28. The number of nitrogens with zero attached hydrogens (tertiary/aromatic N) is 1. The van der Waals surface area contributed by atoms with Crippen molar-refractivity contribution in [1.82, 2.24) is 4.90 Å². The zero-order chi connectivity index (χ0) is 15.4. The number of hydrogen-bond donors (Lipinski definition) is 1. The average molecular weight is 289 g/mol. The van der Waals surface area contributed by atoms with Crippen LogP contribution in [-0.2, 0) is 0 Å². The van der Waals surface area contributed by atoms with Crippen molar-refractivity contribution in [2.45, 2.75) is 64.5 Å². The van der Waals surface area contributed by atoms with E-state index in [1.165, 1.54) is 31.2 Å². The van der Waals surface area contributed by atoms with Gasteiger partial charge in [0.05, 0.1) is 6.10 Å².